The summed E-state index contributed by atoms with van der Waals surface area (Å²) in [4.78, 5) is 11.6. The van der Waals surface area contributed by atoms with Crippen LogP contribution in [-0.2, 0) is 0 Å². The summed E-state index contributed by atoms with van der Waals surface area (Å²) in [5.74, 6) is 0.114. The van der Waals surface area contributed by atoms with Gasteiger partial charge in [0.05, 0.1) is 12.0 Å². The average Bonchev–Trinajstić information content (AvgIpc) is 2.49. The highest BCUT2D eigenvalue weighted by molar-refractivity contribution is 5.40. The lowest BCUT2D eigenvalue weighted by Crippen LogP contribution is -2.07. The van der Waals surface area contributed by atoms with Crippen molar-refractivity contribution in [3.63, 3.8) is 0 Å². The van der Waals surface area contributed by atoms with Crippen molar-refractivity contribution in [1.82, 2.24) is 0 Å². The average molecular weight is 278 g/mol. The van der Waals surface area contributed by atoms with E-state index in [-0.39, 0.29) is 11.7 Å². The third-order valence-electron chi connectivity index (χ3n) is 3.32. The van der Waals surface area contributed by atoms with Crippen molar-refractivity contribution in [2.45, 2.75) is 5.92 Å². The molecule has 0 radical (unpaired) electrons. The molecule has 0 aliphatic heterocycles. The topological polar surface area (TPSA) is 50.4 Å². The van der Waals surface area contributed by atoms with Crippen LogP contribution in [0.15, 0.2) is 82.0 Å². The number of hydrogen-bond acceptors (Lipinski definition) is 3. The molecule has 1 heterocycles. The lowest BCUT2D eigenvalue weighted by molar-refractivity contribution is 0.420. The van der Waals surface area contributed by atoms with Crippen molar-refractivity contribution in [1.29, 1.82) is 0 Å². The molecule has 0 bridgehead atoms. The van der Waals surface area contributed by atoms with Gasteiger partial charge in [-0.05, 0) is 11.1 Å². The van der Waals surface area contributed by atoms with Crippen molar-refractivity contribution in [2.75, 3.05) is 0 Å². The second-order valence-corrected chi connectivity index (χ2v) is 4.79. The molecule has 1 N–H and O–H groups in total. The monoisotopic (exact) mass is 278 g/mol. The van der Waals surface area contributed by atoms with Crippen LogP contribution >= 0.6 is 0 Å². The summed E-state index contributed by atoms with van der Waals surface area (Å²) in [6.45, 7) is 0. The van der Waals surface area contributed by atoms with Gasteiger partial charge in [-0.15, -0.1) is 0 Å². The molecule has 0 saturated heterocycles. The van der Waals surface area contributed by atoms with E-state index in [2.05, 4.69) is 0 Å². The molecule has 0 spiro atoms. The Morgan fingerprint density at radius 1 is 0.810 bits per heavy atom. The second kappa shape index (κ2) is 5.67. The Balaban J connectivity index is 2.19. The molecule has 0 aliphatic carbocycles. The normalized spacial score (nSPS) is 10.7. The summed E-state index contributed by atoms with van der Waals surface area (Å²) >= 11 is 0. The van der Waals surface area contributed by atoms with E-state index in [1.54, 1.807) is 0 Å². The molecule has 21 heavy (non-hydrogen) atoms. The predicted molar refractivity (Wildman–Crippen MR) is 80.5 cm³/mol. The first-order valence-corrected chi connectivity index (χ1v) is 6.68. The Hall–Kier alpha value is -2.81. The van der Waals surface area contributed by atoms with Crippen molar-refractivity contribution < 1.29 is 9.52 Å². The quantitative estimate of drug-likeness (QED) is 0.797. The van der Waals surface area contributed by atoms with Gasteiger partial charge in [-0.25, -0.2) is 4.79 Å². The van der Waals surface area contributed by atoms with Crippen LogP contribution in [0.25, 0.3) is 0 Å². The lowest BCUT2D eigenvalue weighted by atomic mass is 9.89. The van der Waals surface area contributed by atoms with E-state index in [1.165, 1.54) is 6.07 Å². The molecule has 2 aromatic carbocycles. The van der Waals surface area contributed by atoms with Gasteiger partial charge in [0.1, 0.15) is 11.5 Å². The smallest absolute Gasteiger partial charge is 0.339 e. The van der Waals surface area contributed by atoms with Crippen molar-refractivity contribution >= 4 is 0 Å². The Bertz CT molecular complexity index is 737. The zero-order valence-electron chi connectivity index (χ0n) is 11.3. The fourth-order valence-corrected chi connectivity index (χ4v) is 2.44. The predicted octanol–water partition coefficient (Wildman–Crippen LogP) is 3.53. The first-order valence-electron chi connectivity index (χ1n) is 6.68. The fraction of sp³-hybridized carbons (Fsp3) is 0.0556. The van der Waals surface area contributed by atoms with Crippen LogP contribution in [-0.4, -0.2) is 5.11 Å². The maximum Gasteiger partial charge on any atom is 0.339 e. The molecule has 104 valence electrons. The van der Waals surface area contributed by atoms with Gasteiger partial charge >= 0.3 is 5.63 Å². The number of benzene rings is 2. The Morgan fingerprint density at radius 3 is 1.81 bits per heavy atom. The van der Waals surface area contributed by atoms with E-state index >= 15 is 0 Å². The van der Waals surface area contributed by atoms with Gasteiger partial charge < -0.3 is 9.52 Å². The van der Waals surface area contributed by atoms with Crippen LogP contribution in [0.3, 0.4) is 0 Å². The minimum absolute atomic E-state index is 0.0851. The molecule has 3 aromatic rings. The molecule has 3 nitrogen and oxygen atoms in total. The third-order valence-corrected chi connectivity index (χ3v) is 3.32. The first-order chi connectivity index (χ1) is 10.2. The molecule has 1 aromatic heterocycles. The maximum absolute atomic E-state index is 11.6. The van der Waals surface area contributed by atoms with Crippen LogP contribution in [0.5, 0.6) is 5.75 Å². The second-order valence-electron chi connectivity index (χ2n) is 4.79. The van der Waals surface area contributed by atoms with Crippen LogP contribution in [0.4, 0.5) is 0 Å². The van der Waals surface area contributed by atoms with Crippen molar-refractivity contribution in [3.05, 3.63) is 100 Å². The van der Waals surface area contributed by atoms with Gasteiger partial charge in [0.25, 0.3) is 0 Å². The number of hydrogen-bond donors (Lipinski definition) is 1. The zero-order chi connectivity index (χ0) is 14.7. The van der Waals surface area contributed by atoms with Gasteiger partial charge in [-0.3, -0.25) is 0 Å². The summed E-state index contributed by atoms with van der Waals surface area (Å²) in [5, 5.41) is 9.68. The molecule has 0 fully saturated rings. The molecule has 3 rings (SSSR count). The minimum Gasteiger partial charge on any atom is -0.508 e. The van der Waals surface area contributed by atoms with Crippen molar-refractivity contribution in [2.24, 2.45) is 0 Å². The van der Waals surface area contributed by atoms with Gasteiger partial charge in [-0.1, -0.05) is 60.7 Å². The Kier molecular flexibility index (Phi) is 3.56. The van der Waals surface area contributed by atoms with Crippen molar-refractivity contribution in [3.8, 4) is 5.75 Å². The van der Waals surface area contributed by atoms with E-state index in [0.717, 1.165) is 17.2 Å². The highest BCUT2D eigenvalue weighted by atomic mass is 16.4. The molecule has 0 unspecified atom stereocenters. The SMILES string of the molecule is O=c1cc(O)cc(C(c2ccccc2)c2ccccc2)o1. The number of rotatable bonds is 3. The Morgan fingerprint density at radius 2 is 1.33 bits per heavy atom. The maximum atomic E-state index is 11.6. The third kappa shape index (κ3) is 2.87. The number of aromatic hydroxyl groups is 1. The van der Waals surface area contributed by atoms with Gasteiger partial charge in [0.15, 0.2) is 0 Å². The molecular weight excluding hydrogens is 264 g/mol. The molecule has 0 atom stereocenters. The van der Waals surface area contributed by atoms with Gasteiger partial charge in [0, 0.05) is 6.07 Å². The molecule has 0 saturated carbocycles. The fourth-order valence-electron chi connectivity index (χ4n) is 2.44. The summed E-state index contributed by atoms with van der Waals surface area (Å²) in [6, 6.07) is 22.1. The zero-order valence-corrected chi connectivity index (χ0v) is 11.3. The van der Waals surface area contributed by atoms with Crippen LogP contribution in [0.2, 0.25) is 0 Å². The molecular formula is C18H14O3. The summed E-state index contributed by atoms with van der Waals surface area (Å²) < 4.78 is 5.31. The van der Waals surface area contributed by atoms with Crippen LogP contribution < -0.4 is 5.63 Å². The highest BCUT2D eigenvalue weighted by Gasteiger charge is 2.19. The first kappa shape index (κ1) is 13.2. The summed E-state index contributed by atoms with van der Waals surface area (Å²) in [6.07, 6.45) is 0. The molecule has 3 heteroatoms. The lowest BCUT2D eigenvalue weighted by Gasteiger charge is -2.17. The van der Waals surface area contributed by atoms with E-state index in [9.17, 15) is 9.90 Å². The van der Waals surface area contributed by atoms with E-state index in [4.69, 9.17) is 4.42 Å². The summed E-state index contributed by atoms with van der Waals surface area (Å²) in [5.41, 5.74) is 1.44. The Labute approximate surface area is 122 Å². The van der Waals surface area contributed by atoms with Gasteiger partial charge in [0.2, 0.25) is 0 Å². The minimum atomic E-state index is -0.554. The molecule has 0 amide bonds. The largest absolute Gasteiger partial charge is 0.508 e. The van der Waals surface area contributed by atoms with Gasteiger partial charge in [-0.2, -0.15) is 0 Å². The van der Waals surface area contributed by atoms with Crippen LogP contribution in [0.1, 0.15) is 22.8 Å². The highest BCUT2D eigenvalue weighted by Crippen LogP contribution is 2.32. The van der Waals surface area contributed by atoms with E-state index in [0.29, 0.717) is 5.76 Å². The van der Waals surface area contributed by atoms with Crippen LogP contribution in [0, 0.1) is 0 Å². The standard InChI is InChI=1S/C18H14O3/c19-15-11-16(21-17(20)12-15)18(13-7-3-1-4-8-13)14-9-5-2-6-10-14/h1-12,18-19H. The summed E-state index contributed by atoms with van der Waals surface area (Å²) in [7, 11) is 0. The van der Waals surface area contributed by atoms with E-state index < -0.39 is 5.63 Å². The molecule has 0 aliphatic rings. The van der Waals surface area contributed by atoms with E-state index in [1.807, 2.05) is 60.7 Å².